The van der Waals surface area contributed by atoms with Gasteiger partial charge in [-0.1, -0.05) is 12.1 Å². The number of rotatable bonds is 2. The second kappa shape index (κ2) is 3.73. The average Bonchev–Trinajstić information content (AvgIpc) is 2.16. The predicted molar refractivity (Wildman–Crippen MR) is 48.6 cm³/mol. The second-order valence-electron chi connectivity index (χ2n) is 3.30. The maximum atomic E-state index is 12.4. The largest absolute Gasteiger partial charge is 0.497 e. The summed E-state index contributed by atoms with van der Waals surface area (Å²) in [6.07, 6.45) is -4.69. The summed E-state index contributed by atoms with van der Waals surface area (Å²) in [7, 11) is 1.41. The first-order valence-corrected chi connectivity index (χ1v) is 4.22. The minimum atomic E-state index is -4.69. The molecule has 84 valence electrons. The van der Waals surface area contributed by atoms with Crippen LogP contribution in [0.4, 0.5) is 13.2 Å². The van der Waals surface area contributed by atoms with E-state index in [1.54, 1.807) is 0 Å². The molecule has 0 amide bonds. The molecule has 2 nitrogen and oxygen atoms in total. The van der Waals surface area contributed by atoms with Crippen molar-refractivity contribution in [3.05, 3.63) is 29.8 Å². The zero-order valence-electron chi connectivity index (χ0n) is 8.30. The van der Waals surface area contributed by atoms with E-state index in [2.05, 4.69) is 0 Å². The van der Waals surface area contributed by atoms with Crippen LogP contribution in [0.25, 0.3) is 0 Å². The Labute approximate surface area is 85.3 Å². The van der Waals surface area contributed by atoms with E-state index in [-0.39, 0.29) is 5.56 Å². The van der Waals surface area contributed by atoms with Gasteiger partial charge in [-0.25, -0.2) is 0 Å². The summed E-state index contributed by atoms with van der Waals surface area (Å²) in [6, 6.07) is 5.11. The second-order valence-corrected chi connectivity index (χ2v) is 3.30. The maximum Gasteiger partial charge on any atom is 0.421 e. The summed E-state index contributed by atoms with van der Waals surface area (Å²) in [5.74, 6) is 0.441. The molecular formula is C10H11F3O2. The first-order chi connectivity index (χ1) is 6.79. The van der Waals surface area contributed by atoms with Crippen molar-refractivity contribution in [2.45, 2.75) is 18.7 Å². The molecule has 0 bridgehead atoms. The lowest BCUT2D eigenvalue weighted by Gasteiger charge is -2.26. The summed E-state index contributed by atoms with van der Waals surface area (Å²) in [5, 5.41) is 9.32. The predicted octanol–water partition coefficient (Wildman–Crippen LogP) is 2.47. The number of alkyl halides is 3. The van der Waals surface area contributed by atoms with E-state index in [0.29, 0.717) is 5.75 Å². The Kier molecular flexibility index (Phi) is 2.95. The lowest BCUT2D eigenvalue weighted by atomic mass is 9.95. The van der Waals surface area contributed by atoms with Crippen LogP contribution in [0.1, 0.15) is 12.5 Å². The molecule has 1 rings (SSSR count). The normalized spacial score (nSPS) is 15.9. The molecule has 1 N–H and O–H groups in total. The minimum Gasteiger partial charge on any atom is -0.497 e. The van der Waals surface area contributed by atoms with Crippen molar-refractivity contribution in [3.63, 3.8) is 0 Å². The molecule has 0 aliphatic heterocycles. The zero-order valence-corrected chi connectivity index (χ0v) is 8.30. The molecule has 0 fully saturated rings. The third-order valence-corrected chi connectivity index (χ3v) is 2.20. The van der Waals surface area contributed by atoms with Crippen LogP contribution in [0, 0.1) is 0 Å². The Morgan fingerprint density at radius 3 is 1.93 bits per heavy atom. The van der Waals surface area contributed by atoms with Gasteiger partial charge in [0, 0.05) is 0 Å². The van der Waals surface area contributed by atoms with Crippen molar-refractivity contribution >= 4 is 0 Å². The van der Waals surface area contributed by atoms with Crippen LogP contribution in [0.5, 0.6) is 5.75 Å². The number of aliphatic hydroxyl groups is 1. The zero-order chi connectivity index (χ0) is 11.7. The molecule has 0 aromatic heterocycles. The average molecular weight is 220 g/mol. The standard InChI is InChI=1S/C10H11F3O2/c1-9(14,10(11,12)13)7-3-5-8(15-2)6-4-7/h3-6,14H,1-2H3/t9-/m0/s1. The summed E-state index contributed by atoms with van der Waals surface area (Å²) >= 11 is 0. The van der Waals surface area contributed by atoms with Gasteiger partial charge in [-0.05, 0) is 24.6 Å². The van der Waals surface area contributed by atoms with E-state index in [0.717, 1.165) is 6.92 Å². The highest BCUT2D eigenvalue weighted by Crippen LogP contribution is 2.38. The Bertz CT molecular complexity index is 328. The van der Waals surface area contributed by atoms with Crippen LogP contribution in [-0.4, -0.2) is 18.4 Å². The molecule has 0 heterocycles. The summed E-state index contributed by atoms with van der Waals surface area (Å²) in [6.45, 7) is 0.717. The SMILES string of the molecule is COc1ccc([C@](C)(O)C(F)(F)F)cc1. The highest BCUT2D eigenvalue weighted by Gasteiger charge is 2.51. The van der Waals surface area contributed by atoms with Crippen LogP contribution in [0.2, 0.25) is 0 Å². The molecule has 15 heavy (non-hydrogen) atoms. The number of methoxy groups -OCH3 is 1. The molecule has 0 aliphatic carbocycles. The van der Waals surface area contributed by atoms with Gasteiger partial charge in [-0.3, -0.25) is 0 Å². The maximum absolute atomic E-state index is 12.4. The number of ether oxygens (including phenoxy) is 1. The fourth-order valence-corrected chi connectivity index (χ4v) is 1.08. The van der Waals surface area contributed by atoms with Crippen LogP contribution in [0.15, 0.2) is 24.3 Å². The van der Waals surface area contributed by atoms with E-state index in [1.807, 2.05) is 0 Å². The van der Waals surface area contributed by atoms with Gasteiger partial charge in [0.05, 0.1) is 7.11 Å². The van der Waals surface area contributed by atoms with Gasteiger partial charge >= 0.3 is 6.18 Å². The smallest absolute Gasteiger partial charge is 0.421 e. The van der Waals surface area contributed by atoms with Crippen molar-refractivity contribution in [1.29, 1.82) is 0 Å². The highest BCUT2D eigenvalue weighted by molar-refractivity contribution is 5.31. The van der Waals surface area contributed by atoms with Gasteiger partial charge in [0.25, 0.3) is 0 Å². The van der Waals surface area contributed by atoms with Gasteiger partial charge in [0.15, 0.2) is 5.60 Å². The molecule has 1 atom stereocenters. The molecule has 5 heteroatoms. The first kappa shape index (κ1) is 11.8. The van der Waals surface area contributed by atoms with Crippen LogP contribution in [0.3, 0.4) is 0 Å². The topological polar surface area (TPSA) is 29.5 Å². The van der Waals surface area contributed by atoms with Crippen molar-refractivity contribution in [2.24, 2.45) is 0 Å². The molecule has 0 saturated carbocycles. The Balaban J connectivity index is 3.06. The molecular weight excluding hydrogens is 209 g/mol. The van der Waals surface area contributed by atoms with Crippen LogP contribution < -0.4 is 4.74 Å². The third kappa shape index (κ3) is 2.23. The molecule has 0 aliphatic rings. The molecule has 1 aromatic carbocycles. The van der Waals surface area contributed by atoms with Gasteiger partial charge in [0.1, 0.15) is 5.75 Å². The molecule has 0 spiro atoms. The van der Waals surface area contributed by atoms with Gasteiger partial charge < -0.3 is 9.84 Å². The highest BCUT2D eigenvalue weighted by atomic mass is 19.4. The number of benzene rings is 1. The quantitative estimate of drug-likeness (QED) is 0.829. The number of hydrogen-bond donors (Lipinski definition) is 1. The van der Waals surface area contributed by atoms with Crippen molar-refractivity contribution in [3.8, 4) is 5.75 Å². The Morgan fingerprint density at radius 2 is 1.60 bits per heavy atom. The lowest BCUT2D eigenvalue weighted by Crippen LogP contribution is -2.39. The molecule has 0 unspecified atom stereocenters. The van der Waals surface area contributed by atoms with E-state index < -0.39 is 11.8 Å². The molecule has 0 radical (unpaired) electrons. The monoisotopic (exact) mass is 220 g/mol. The number of hydrogen-bond acceptors (Lipinski definition) is 2. The van der Waals surface area contributed by atoms with Crippen LogP contribution in [-0.2, 0) is 5.60 Å². The fourth-order valence-electron chi connectivity index (χ4n) is 1.08. The fraction of sp³-hybridized carbons (Fsp3) is 0.400. The third-order valence-electron chi connectivity index (χ3n) is 2.20. The number of halogens is 3. The molecule has 1 aromatic rings. The summed E-state index contributed by atoms with van der Waals surface area (Å²) in [5.41, 5.74) is -3.05. The Hall–Kier alpha value is -1.23. The van der Waals surface area contributed by atoms with Crippen molar-refractivity contribution in [1.82, 2.24) is 0 Å². The van der Waals surface area contributed by atoms with E-state index in [9.17, 15) is 18.3 Å². The first-order valence-electron chi connectivity index (χ1n) is 4.22. The summed E-state index contributed by atoms with van der Waals surface area (Å²) < 4.78 is 42.1. The van der Waals surface area contributed by atoms with Gasteiger partial charge in [-0.2, -0.15) is 13.2 Å². The summed E-state index contributed by atoms with van der Waals surface area (Å²) in [4.78, 5) is 0. The Morgan fingerprint density at radius 1 is 1.13 bits per heavy atom. The van der Waals surface area contributed by atoms with Crippen molar-refractivity contribution in [2.75, 3.05) is 7.11 Å². The van der Waals surface area contributed by atoms with E-state index in [1.165, 1.54) is 31.4 Å². The molecule has 0 saturated heterocycles. The van der Waals surface area contributed by atoms with E-state index in [4.69, 9.17) is 4.74 Å². The lowest BCUT2D eigenvalue weighted by molar-refractivity contribution is -0.258. The van der Waals surface area contributed by atoms with Crippen molar-refractivity contribution < 1.29 is 23.0 Å². The minimum absolute atomic E-state index is 0.212. The van der Waals surface area contributed by atoms with Gasteiger partial charge in [-0.15, -0.1) is 0 Å². The van der Waals surface area contributed by atoms with E-state index >= 15 is 0 Å². The van der Waals surface area contributed by atoms with Crippen LogP contribution >= 0.6 is 0 Å². The van der Waals surface area contributed by atoms with Gasteiger partial charge in [0.2, 0.25) is 0 Å².